The predicted molar refractivity (Wildman–Crippen MR) is 108 cm³/mol. The monoisotopic (exact) mass is 384 g/mol. The third-order valence-electron chi connectivity index (χ3n) is 4.40. The van der Waals surface area contributed by atoms with Gasteiger partial charge in [0, 0.05) is 12.7 Å². The van der Waals surface area contributed by atoms with E-state index >= 15 is 0 Å². The van der Waals surface area contributed by atoms with Gasteiger partial charge in [-0.05, 0) is 43.0 Å². The number of aryl methyl sites for hydroxylation is 1. The van der Waals surface area contributed by atoms with Crippen molar-refractivity contribution in [2.75, 3.05) is 5.32 Å². The van der Waals surface area contributed by atoms with Gasteiger partial charge in [0.2, 0.25) is 5.91 Å². The summed E-state index contributed by atoms with van der Waals surface area (Å²) < 4.78 is 7.22. The highest BCUT2D eigenvalue weighted by Gasteiger charge is 2.21. The van der Waals surface area contributed by atoms with Gasteiger partial charge in [-0.1, -0.05) is 43.8 Å². The van der Waals surface area contributed by atoms with Crippen LogP contribution in [-0.4, -0.2) is 25.9 Å². The van der Waals surface area contributed by atoms with Crippen LogP contribution in [-0.2, 0) is 11.8 Å². The number of benzene rings is 1. The molecule has 0 fully saturated rings. The number of carbonyl (C=O) groups excluding carboxylic acids is 1. The quantitative estimate of drug-likeness (QED) is 0.628. The lowest BCUT2D eigenvalue weighted by Crippen LogP contribution is -2.24. The summed E-state index contributed by atoms with van der Waals surface area (Å²) in [6, 6.07) is 9.73. The Morgan fingerprint density at radius 1 is 1.19 bits per heavy atom. The van der Waals surface area contributed by atoms with E-state index in [2.05, 4.69) is 35.4 Å². The zero-order valence-electron chi connectivity index (χ0n) is 16.2. The SMILES string of the molecule is Cc1cccc(C(C)C)c1NC(=O)[C@H](C)Sc1nnc(-c2ccco2)n1C. The maximum absolute atomic E-state index is 12.8. The van der Waals surface area contributed by atoms with E-state index in [9.17, 15) is 4.79 Å². The highest BCUT2D eigenvalue weighted by molar-refractivity contribution is 8.00. The first kappa shape index (κ1) is 19.2. The zero-order chi connectivity index (χ0) is 19.6. The molecule has 3 rings (SSSR count). The molecule has 2 aromatic heterocycles. The molecule has 7 heteroatoms. The number of anilines is 1. The number of hydrogen-bond donors (Lipinski definition) is 1. The van der Waals surface area contributed by atoms with Gasteiger partial charge in [0.1, 0.15) is 0 Å². The van der Waals surface area contributed by atoms with Crippen molar-refractivity contribution in [1.29, 1.82) is 0 Å². The van der Waals surface area contributed by atoms with Gasteiger partial charge in [0.15, 0.2) is 16.7 Å². The number of aromatic nitrogens is 3. The van der Waals surface area contributed by atoms with Crippen LogP contribution in [0.25, 0.3) is 11.6 Å². The van der Waals surface area contributed by atoms with Crippen molar-refractivity contribution in [2.24, 2.45) is 7.05 Å². The first-order valence-corrected chi connectivity index (χ1v) is 9.76. The van der Waals surface area contributed by atoms with E-state index in [1.165, 1.54) is 11.8 Å². The molecule has 0 aliphatic heterocycles. The Morgan fingerprint density at radius 2 is 1.96 bits per heavy atom. The number of para-hydroxylation sites is 1. The molecule has 1 atom stereocenters. The van der Waals surface area contributed by atoms with Crippen LogP contribution in [0.4, 0.5) is 5.69 Å². The van der Waals surface area contributed by atoms with Crippen LogP contribution in [0.5, 0.6) is 0 Å². The smallest absolute Gasteiger partial charge is 0.237 e. The second kappa shape index (κ2) is 8.00. The van der Waals surface area contributed by atoms with Gasteiger partial charge in [-0.25, -0.2) is 0 Å². The number of rotatable bonds is 6. The molecule has 3 aromatic rings. The largest absolute Gasteiger partial charge is 0.461 e. The lowest BCUT2D eigenvalue weighted by molar-refractivity contribution is -0.115. The van der Waals surface area contributed by atoms with Crippen LogP contribution in [0.2, 0.25) is 0 Å². The number of hydrogen-bond acceptors (Lipinski definition) is 5. The molecule has 1 aromatic carbocycles. The Balaban J connectivity index is 1.74. The summed E-state index contributed by atoms with van der Waals surface area (Å²) in [5, 5.41) is 11.8. The number of nitrogens with zero attached hydrogens (tertiary/aromatic N) is 3. The molecule has 1 amide bonds. The van der Waals surface area contributed by atoms with Crippen molar-refractivity contribution in [2.45, 2.75) is 44.0 Å². The van der Waals surface area contributed by atoms with Gasteiger partial charge in [-0.2, -0.15) is 0 Å². The molecule has 0 aliphatic carbocycles. The third-order valence-corrected chi connectivity index (χ3v) is 5.54. The molecule has 27 heavy (non-hydrogen) atoms. The number of nitrogens with one attached hydrogen (secondary N) is 1. The summed E-state index contributed by atoms with van der Waals surface area (Å²) in [5.41, 5.74) is 3.10. The van der Waals surface area contributed by atoms with Crippen molar-refractivity contribution in [3.8, 4) is 11.6 Å². The van der Waals surface area contributed by atoms with E-state index in [-0.39, 0.29) is 11.2 Å². The second-order valence-corrected chi connectivity index (χ2v) is 8.09. The lowest BCUT2D eigenvalue weighted by atomic mass is 9.98. The molecule has 1 N–H and O–H groups in total. The molecule has 0 bridgehead atoms. The molecule has 0 saturated carbocycles. The fourth-order valence-electron chi connectivity index (χ4n) is 2.82. The Kier molecular flexibility index (Phi) is 5.70. The van der Waals surface area contributed by atoms with Crippen LogP contribution in [0.1, 0.15) is 37.8 Å². The van der Waals surface area contributed by atoms with Crippen LogP contribution in [0.3, 0.4) is 0 Å². The third kappa shape index (κ3) is 4.08. The first-order valence-electron chi connectivity index (χ1n) is 8.88. The normalized spacial score (nSPS) is 12.4. The van der Waals surface area contributed by atoms with Gasteiger partial charge >= 0.3 is 0 Å². The number of amides is 1. The fraction of sp³-hybridized carbons (Fsp3) is 0.350. The van der Waals surface area contributed by atoms with E-state index < -0.39 is 0 Å². The zero-order valence-corrected chi connectivity index (χ0v) is 17.0. The van der Waals surface area contributed by atoms with Gasteiger partial charge in [0.25, 0.3) is 0 Å². The number of thioether (sulfide) groups is 1. The maximum Gasteiger partial charge on any atom is 0.237 e. The lowest BCUT2D eigenvalue weighted by Gasteiger charge is -2.18. The van der Waals surface area contributed by atoms with E-state index in [0.717, 1.165) is 16.8 Å². The molecule has 6 nitrogen and oxygen atoms in total. The topological polar surface area (TPSA) is 73.0 Å². The molecular formula is C20H24N4O2S. The van der Waals surface area contributed by atoms with Crippen LogP contribution < -0.4 is 5.32 Å². The van der Waals surface area contributed by atoms with Crippen LogP contribution in [0, 0.1) is 6.92 Å². The molecule has 0 radical (unpaired) electrons. The van der Waals surface area contributed by atoms with Crippen molar-refractivity contribution >= 4 is 23.4 Å². The van der Waals surface area contributed by atoms with E-state index in [4.69, 9.17) is 4.42 Å². The van der Waals surface area contributed by atoms with Crippen molar-refractivity contribution in [1.82, 2.24) is 14.8 Å². The highest BCUT2D eigenvalue weighted by Crippen LogP contribution is 2.30. The summed E-state index contributed by atoms with van der Waals surface area (Å²) in [4.78, 5) is 12.8. The molecule has 2 heterocycles. The fourth-order valence-corrected chi connectivity index (χ4v) is 3.63. The minimum atomic E-state index is -0.322. The van der Waals surface area contributed by atoms with Crippen molar-refractivity contribution in [3.05, 3.63) is 47.7 Å². The van der Waals surface area contributed by atoms with Gasteiger partial charge in [0.05, 0.1) is 11.5 Å². The molecule has 0 spiro atoms. The van der Waals surface area contributed by atoms with Crippen LogP contribution >= 0.6 is 11.8 Å². The molecule has 142 valence electrons. The maximum atomic E-state index is 12.8. The van der Waals surface area contributed by atoms with E-state index in [1.807, 2.05) is 43.7 Å². The first-order chi connectivity index (χ1) is 12.9. The standard InChI is InChI=1S/C20H24N4O2S/c1-12(2)15-9-6-8-13(3)17(15)21-19(25)14(4)27-20-23-22-18(24(20)5)16-10-7-11-26-16/h6-12,14H,1-5H3,(H,21,25)/t14-/m0/s1. The Bertz CT molecular complexity index is 932. The molecule has 0 aliphatic rings. The minimum absolute atomic E-state index is 0.0567. The Morgan fingerprint density at radius 3 is 2.63 bits per heavy atom. The summed E-state index contributed by atoms with van der Waals surface area (Å²) >= 11 is 1.37. The summed E-state index contributed by atoms with van der Waals surface area (Å²) in [6.45, 7) is 8.13. The molecule has 0 unspecified atom stereocenters. The van der Waals surface area contributed by atoms with Crippen LogP contribution in [0.15, 0.2) is 46.2 Å². The van der Waals surface area contributed by atoms with Gasteiger partial charge < -0.3 is 14.3 Å². The average Bonchev–Trinajstić information content (AvgIpc) is 3.27. The minimum Gasteiger partial charge on any atom is -0.461 e. The van der Waals surface area contributed by atoms with Gasteiger partial charge in [-0.3, -0.25) is 4.79 Å². The van der Waals surface area contributed by atoms with Crippen molar-refractivity contribution < 1.29 is 9.21 Å². The summed E-state index contributed by atoms with van der Waals surface area (Å²) in [6.07, 6.45) is 1.60. The average molecular weight is 385 g/mol. The number of furan rings is 1. The van der Waals surface area contributed by atoms with Gasteiger partial charge in [-0.15, -0.1) is 10.2 Å². The predicted octanol–water partition coefficient (Wildman–Crippen LogP) is 4.63. The Labute approximate surface area is 163 Å². The van der Waals surface area contributed by atoms with E-state index in [1.54, 1.807) is 12.3 Å². The number of carbonyl (C=O) groups is 1. The summed E-state index contributed by atoms with van der Waals surface area (Å²) in [5.74, 6) is 1.56. The highest BCUT2D eigenvalue weighted by atomic mass is 32.2. The van der Waals surface area contributed by atoms with E-state index in [0.29, 0.717) is 22.7 Å². The molecule has 0 saturated heterocycles. The van der Waals surface area contributed by atoms with Crippen molar-refractivity contribution in [3.63, 3.8) is 0 Å². The summed E-state index contributed by atoms with van der Waals surface area (Å²) in [7, 11) is 1.86. The molecular weight excluding hydrogens is 360 g/mol. The Hall–Kier alpha value is -2.54. The second-order valence-electron chi connectivity index (χ2n) is 6.79.